The first-order valence-corrected chi connectivity index (χ1v) is 5.97. The maximum absolute atomic E-state index is 12.5. The summed E-state index contributed by atoms with van der Waals surface area (Å²) in [5, 5.41) is 0. The van der Waals surface area contributed by atoms with Crippen LogP contribution in [0, 0.1) is 20.8 Å². The van der Waals surface area contributed by atoms with Crippen molar-refractivity contribution in [3.05, 3.63) is 64.2 Å². The smallest absolute Gasteiger partial charge is 0.193 e. The maximum Gasteiger partial charge on any atom is 0.193 e. The highest BCUT2D eigenvalue weighted by Gasteiger charge is 2.14. The summed E-state index contributed by atoms with van der Waals surface area (Å²) in [6.45, 7) is 5.91. The molecule has 0 aliphatic heterocycles. The summed E-state index contributed by atoms with van der Waals surface area (Å²) in [6, 6.07) is 11.3. The molecule has 92 valence electrons. The maximum atomic E-state index is 12.5. The number of hydrogen-bond donors (Lipinski definition) is 1. The molecule has 0 aliphatic carbocycles. The van der Waals surface area contributed by atoms with Gasteiger partial charge in [-0.3, -0.25) is 4.79 Å². The number of carbonyl (C=O) groups is 1. The molecule has 2 heteroatoms. The highest BCUT2D eigenvalue weighted by atomic mass is 16.1. The molecule has 0 saturated carbocycles. The monoisotopic (exact) mass is 239 g/mol. The number of hydrogen-bond acceptors (Lipinski definition) is 2. The van der Waals surface area contributed by atoms with Crippen LogP contribution in [0.4, 0.5) is 5.69 Å². The van der Waals surface area contributed by atoms with E-state index in [1.54, 1.807) is 6.07 Å². The number of benzene rings is 2. The summed E-state index contributed by atoms with van der Waals surface area (Å²) in [5.74, 6) is 0.0392. The van der Waals surface area contributed by atoms with Gasteiger partial charge in [0, 0.05) is 16.8 Å². The SMILES string of the molecule is Cc1ccc(C(=O)c2cc(N)ccc2C)c(C)c1. The number of aryl methyl sites for hydroxylation is 3. The number of anilines is 1. The molecule has 0 aromatic heterocycles. The topological polar surface area (TPSA) is 43.1 Å². The Morgan fingerprint density at radius 1 is 0.889 bits per heavy atom. The van der Waals surface area contributed by atoms with Gasteiger partial charge in [-0.25, -0.2) is 0 Å². The third-order valence-corrected chi connectivity index (χ3v) is 3.13. The Kier molecular flexibility index (Phi) is 3.19. The van der Waals surface area contributed by atoms with Crippen LogP contribution in [0.25, 0.3) is 0 Å². The number of carbonyl (C=O) groups excluding carboxylic acids is 1. The van der Waals surface area contributed by atoms with E-state index in [1.807, 2.05) is 51.1 Å². The van der Waals surface area contributed by atoms with E-state index in [0.717, 1.165) is 22.3 Å². The second kappa shape index (κ2) is 4.65. The van der Waals surface area contributed by atoms with Crippen molar-refractivity contribution < 1.29 is 4.79 Å². The molecule has 2 aromatic rings. The van der Waals surface area contributed by atoms with Crippen molar-refractivity contribution in [2.75, 3.05) is 5.73 Å². The third-order valence-electron chi connectivity index (χ3n) is 3.13. The highest BCUT2D eigenvalue weighted by molar-refractivity contribution is 6.11. The van der Waals surface area contributed by atoms with Crippen LogP contribution in [-0.2, 0) is 0 Å². The number of nitrogen functional groups attached to an aromatic ring is 1. The van der Waals surface area contributed by atoms with Crippen LogP contribution < -0.4 is 5.73 Å². The summed E-state index contributed by atoms with van der Waals surface area (Å²) in [5.41, 5.74) is 10.9. The summed E-state index contributed by atoms with van der Waals surface area (Å²) < 4.78 is 0. The van der Waals surface area contributed by atoms with Crippen LogP contribution in [0.3, 0.4) is 0 Å². The minimum absolute atomic E-state index is 0.0392. The summed E-state index contributed by atoms with van der Waals surface area (Å²) in [6.07, 6.45) is 0. The van der Waals surface area contributed by atoms with Crippen molar-refractivity contribution in [1.29, 1.82) is 0 Å². The van der Waals surface area contributed by atoms with Crippen molar-refractivity contribution in [1.82, 2.24) is 0 Å². The lowest BCUT2D eigenvalue weighted by atomic mass is 9.95. The van der Waals surface area contributed by atoms with E-state index in [0.29, 0.717) is 11.3 Å². The standard InChI is InChI=1S/C16H17NO/c1-10-4-7-14(12(3)8-10)16(18)15-9-13(17)6-5-11(15)2/h4-9H,17H2,1-3H3. The number of ketones is 1. The molecule has 0 saturated heterocycles. The molecule has 0 aliphatic rings. The van der Waals surface area contributed by atoms with Crippen LogP contribution in [0.2, 0.25) is 0 Å². The minimum atomic E-state index is 0.0392. The van der Waals surface area contributed by atoms with Gasteiger partial charge >= 0.3 is 0 Å². The first kappa shape index (κ1) is 12.4. The Hall–Kier alpha value is -2.09. The predicted octanol–water partition coefficient (Wildman–Crippen LogP) is 3.43. The van der Waals surface area contributed by atoms with Crippen LogP contribution in [0.15, 0.2) is 36.4 Å². The average Bonchev–Trinajstić information content (AvgIpc) is 2.31. The Morgan fingerprint density at radius 2 is 1.61 bits per heavy atom. The molecule has 0 radical (unpaired) electrons. The molecule has 0 bridgehead atoms. The number of rotatable bonds is 2. The fraction of sp³-hybridized carbons (Fsp3) is 0.188. The number of nitrogens with two attached hydrogens (primary N) is 1. The molecule has 0 heterocycles. The normalized spacial score (nSPS) is 10.4. The molecular weight excluding hydrogens is 222 g/mol. The van der Waals surface area contributed by atoms with Gasteiger partial charge in [-0.15, -0.1) is 0 Å². The van der Waals surface area contributed by atoms with E-state index in [9.17, 15) is 4.79 Å². The molecule has 2 rings (SSSR count). The van der Waals surface area contributed by atoms with Gasteiger partial charge < -0.3 is 5.73 Å². The van der Waals surface area contributed by atoms with Crippen LogP contribution >= 0.6 is 0 Å². The Bertz CT molecular complexity index is 614. The molecule has 0 fully saturated rings. The van der Waals surface area contributed by atoms with Crippen LogP contribution in [0.5, 0.6) is 0 Å². The van der Waals surface area contributed by atoms with E-state index >= 15 is 0 Å². The molecular formula is C16H17NO. The van der Waals surface area contributed by atoms with E-state index in [2.05, 4.69) is 0 Å². The molecule has 2 aromatic carbocycles. The van der Waals surface area contributed by atoms with E-state index < -0.39 is 0 Å². The first-order valence-electron chi connectivity index (χ1n) is 5.97. The van der Waals surface area contributed by atoms with Gasteiger partial charge in [0.1, 0.15) is 0 Å². The summed E-state index contributed by atoms with van der Waals surface area (Å²) in [7, 11) is 0. The third kappa shape index (κ3) is 2.28. The lowest BCUT2D eigenvalue weighted by molar-refractivity contribution is 0.103. The van der Waals surface area contributed by atoms with Gasteiger partial charge in [-0.2, -0.15) is 0 Å². The summed E-state index contributed by atoms with van der Waals surface area (Å²) >= 11 is 0. The van der Waals surface area contributed by atoms with Gasteiger partial charge in [0.2, 0.25) is 0 Å². The van der Waals surface area contributed by atoms with E-state index in [1.165, 1.54) is 0 Å². The second-order valence-electron chi connectivity index (χ2n) is 4.72. The summed E-state index contributed by atoms with van der Waals surface area (Å²) in [4.78, 5) is 12.5. The Balaban J connectivity index is 2.51. The van der Waals surface area contributed by atoms with Gasteiger partial charge in [0.05, 0.1) is 0 Å². The Labute approximate surface area is 107 Å². The molecule has 2 N–H and O–H groups in total. The first-order chi connectivity index (χ1) is 8.49. The molecule has 0 unspecified atom stereocenters. The van der Waals surface area contributed by atoms with E-state index in [-0.39, 0.29) is 5.78 Å². The van der Waals surface area contributed by atoms with Crippen molar-refractivity contribution in [2.45, 2.75) is 20.8 Å². The second-order valence-corrected chi connectivity index (χ2v) is 4.72. The van der Waals surface area contributed by atoms with Gasteiger partial charge in [-0.05, 0) is 44.0 Å². The van der Waals surface area contributed by atoms with Crippen LogP contribution in [0.1, 0.15) is 32.6 Å². The molecule has 0 atom stereocenters. The van der Waals surface area contributed by atoms with Crippen LogP contribution in [-0.4, -0.2) is 5.78 Å². The quantitative estimate of drug-likeness (QED) is 0.644. The van der Waals surface area contributed by atoms with Crippen molar-refractivity contribution in [3.8, 4) is 0 Å². The molecule has 0 spiro atoms. The Morgan fingerprint density at radius 3 is 2.28 bits per heavy atom. The van der Waals surface area contributed by atoms with Gasteiger partial charge in [0.15, 0.2) is 5.78 Å². The van der Waals surface area contributed by atoms with Crippen molar-refractivity contribution >= 4 is 11.5 Å². The molecule has 18 heavy (non-hydrogen) atoms. The fourth-order valence-corrected chi connectivity index (χ4v) is 2.10. The molecule has 0 amide bonds. The minimum Gasteiger partial charge on any atom is -0.399 e. The predicted molar refractivity (Wildman–Crippen MR) is 74.9 cm³/mol. The zero-order valence-electron chi connectivity index (χ0n) is 10.9. The van der Waals surface area contributed by atoms with Gasteiger partial charge in [-0.1, -0.05) is 29.8 Å². The zero-order valence-corrected chi connectivity index (χ0v) is 10.9. The zero-order chi connectivity index (χ0) is 13.3. The van der Waals surface area contributed by atoms with Crippen molar-refractivity contribution in [2.24, 2.45) is 0 Å². The largest absolute Gasteiger partial charge is 0.399 e. The fourth-order valence-electron chi connectivity index (χ4n) is 2.10. The van der Waals surface area contributed by atoms with Gasteiger partial charge in [0.25, 0.3) is 0 Å². The molecule has 2 nitrogen and oxygen atoms in total. The lowest BCUT2D eigenvalue weighted by Crippen LogP contribution is -2.06. The highest BCUT2D eigenvalue weighted by Crippen LogP contribution is 2.20. The lowest BCUT2D eigenvalue weighted by Gasteiger charge is -2.09. The van der Waals surface area contributed by atoms with Crippen molar-refractivity contribution in [3.63, 3.8) is 0 Å². The van der Waals surface area contributed by atoms with E-state index in [4.69, 9.17) is 5.73 Å². The average molecular weight is 239 g/mol.